The summed E-state index contributed by atoms with van der Waals surface area (Å²) < 4.78 is 5.30. The molecule has 16 heavy (non-hydrogen) atoms. The third kappa shape index (κ3) is 3.53. The van der Waals surface area contributed by atoms with E-state index in [2.05, 4.69) is 18.2 Å². The van der Waals surface area contributed by atoms with Gasteiger partial charge in [0.05, 0.1) is 0 Å². The first-order chi connectivity index (χ1) is 6.92. The molecule has 0 N–H and O–H groups in total. The predicted molar refractivity (Wildman–Crippen MR) is 52.5 cm³/mol. The van der Waals surface area contributed by atoms with Gasteiger partial charge in [0.1, 0.15) is 0 Å². The molecule has 1 nitrogen and oxygen atoms in total. The molecule has 0 atom stereocenters. The Morgan fingerprint density at radius 1 is 0.750 bits per heavy atom. The fraction of sp³-hybridized carbons (Fsp3) is 0. The van der Waals surface area contributed by atoms with Gasteiger partial charge >= 0.3 is 95.6 Å². The van der Waals surface area contributed by atoms with E-state index in [1.807, 2.05) is 36.4 Å². The number of halogens is 2. The second-order valence-corrected chi connectivity index (χ2v) is 3.28. The zero-order valence-corrected chi connectivity index (χ0v) is 11.4. The first-order valence-corrected chi connectivity index (χ1v) is 5.03. The fourth-order valence-electron chi connectivity index (χ4n) is 1.41. The fourth-order valence-corrected chi connectivity index (χ4v) is 1.69. The van der Waals surface area contributed by atoms with Gasteiger partial charge in [-0.05, 0) is 0 Å². The van der Waals surface area contributed by atoms with Crippen LogP contribution in [0, 0.1) is 0 Å². The van der Waals surface area contributed by atoms with Crippen molar-refractivity contribution in [3.05, 3.63) is 54.6 Å². The summed E-state index contributed by atoms with van der Waals surface area (Å²) in [5, 5.41) is 0. The molecular formula is C12H9Cl2OTi. The molecule has 0 amide bonds. The van der Waals surface area contributed by atoms with E-state index in [1.54, 1.807) is 20.8 Å². The number of para-hydroxylation sites is 1. The minimum absolute atomic E-state index is 0. The molecule has 0 unspecified atom stereocenters. The summed E-state index contributed by atoms with van der Waals surface area (Å²) in [6.07, 6.45) is 0. The van der Waals surface area contributed by atoms with Crippen molar-refractivity contribution < 1.29 is 49.0 Å². The van der Waals surface area contributed by atoms with E-state index in [4.69, 9.17) is 3.32 Å². The molecule has 4 heteroatoms. The van der Waals surface area contributed by atoms with Gasteiger partial charge < -0.3 is 24.8 Å². The zero-order chi connectivity index (χ0) is 9.80. The van der Waals surface area contributed by atoms with Crippen LogP contribution in [0.3, 0.4) is 0 Å². The number of hydrogen-bond acceptors (Lipinski definition) is 1. The van der Waals surface area contributed by atoms with Crippen LogP contribution in [0.1, 0.15) is 0 Å². The second kappa shape index (κ2) is 7.75. The average Bonchev–Trinajstić information content (AvgIpc) is 2.30. The molecule has 0 heterocycles. The first kappa shape index (κ1) is 15.5. The van der Waals surface area contributed by atoms with Crippen molar-refractivity contribution in [3.8, 4) is 16.9 Å². The Hall–Kier alpha value is -0.466. The van der Waals surface area contributed by atoms with Crippen molar-refractivity contribution in [2.24, 2.45) is 0 Å². The molecular weight excluding hydrogens is 279 g/mol. The van der Waals surface area contributed by atoms with Gasteiger partial charge in [-0.3, -0.25) is 0 Å². The molecule has 81 valence electrons. The van der Waals surface area contributed by atoms with Crippen LogP contribution in [-0.4, -0.2) is 0 Å². The monoisotopic (exact) mass is 287 g/mol. The van der Waals surface area contributed by atoms with Crippen molar-refractivity contribution in [3.63, 3.8) is 0 Å². The van der Waals surface area contributed by atoms with Gasteiger partial charge in [-0.15, -0.1) is 0 Å². The Kier molecular flexibility index (Phi) is 7.52. The average molecular weight is 288 g/mol. The molecule has 0 aliphatic heterocycles. The van der Waals surface area contributed by atoms with Gasteiger partial charge in [0, 0.05) is 0 Å². The number of hydrogen-bond donors (Lipinski definition) is 0. The number of benzene rings is 2. The SMILES string of the molecule is [Cl-].[Cl-].[Ti+2][O]c1ccccc1-c1ccccc1. The molecule has 0 aliphatic carbocycles. The van der Waals surface area contributed by atoms with Crippen LogP contribution in [0.2, 0.25) is 0 Å². The molecule has 0 aliphatic rings. The summed E-state index contributed by atoms with van der Waals surface area (Å²) >= 11 is 1.70. The molecule has 0 radical (unpaired) electrons. The summed E-state index contributed by atoms with van der Waals surface area (Å²) in [6.45, 7) is 0. The van der Waals surface area contributed by atoms with Crippen molar-refractivity contribution in [1.29, 1.82) is 0 Å². The third-order valence-electron chi connectivity index (χ3n) is 2.08. The van der Waals surface area contributed by atoms with Gasteiger partial charge in [0.15, 0.2) is 0 Å². The third-order valence-corrected chi connectivity index (χ3v) is 2.43. The number of rotatable bonds is 2. The summed E-state index contributed by atoms with van der Waals surface area (Å²) in [4.78, 5) is 0. The van der Waals surface area contributed by atoms with E-state index >= 15 is 0 Å². The maximum atomic E-state index is 5.30. The Morgan fingerprint density at radius 3 is 1.94 bits per heavy atom. The van der Waals surface area contributed by atoms with Crippen LogP contribution in [0.4, 0.5) is 0 Å². The van der Waals surface area contributed by atoms with E-state index in [-0.39, 0.29) is 24.8 Å². The molecule has 0 spiro atoms. The van der Waals surface area contributed by atoms with Crippen molar-refractivity contribution in [2.75, 3.05) is 0 Å². The van der Waals surface area contributed by atoms with E-state index in [0.29, 0.717) is 0 Å². The van der Waals surface area contributed by atoms with Crippen LogP contribution in [-0.2, 0) is 20.8 Å². The van der Waals surface area contributed by atoms with Crippen LogP contribution in [0.5, 0.6) is 5.75 Å². The van der Waals surface area contributed by atoms with E-state index in [9.17, 15) is 0 Å². The minimum atomic E-state index is 0. The molecule has 2 aromatic carbocycles. The summed E-state index contributed by atoms with van der Waals surface area (Å²) in [5.74, 6) is 0.915. The molecule has 2 aromatic rings. The molecule has 0 bridgehead atoms. The van der Waals surface area contributed by atoms with E-state index < -0.39 is 0 Å². The second-order valence-electron chi connectivity index (χ2n) is 2.96. The quantitative estimate of drug-likeness (QED) is 0.543. The van der Waals surface area contributed by atoms with Crippen LogP contribution in [0.25, 0.3) is 11.1 Å². The van der Waals surface area contributed by atoms with Crippen LogP contribution in [0.15, 0.2) is 54.6 Å². The van der Waals surface area contributed by atoms with Crippen LogP contribution >= 0.6 is 0 Å². The van der Waals surface area contributed by atoms with Crippen molar-refractivity contribution >= 4 is 0 Å². The Bertz CT molecular complexity index is 420. The molecule has 0 saturated carbocycles. The van der Waals surface area contributed by atoms with Gasteiger partial charge in [0.2, 0.25) is 0 Å². The first-order valence-electron chi connectivity index (χ1n) is 4.40. The van der Waals surface area contributed by atoms with Crippen molar-refractivity contribution in [1.82, 2.24) is 0 Å². The van der Waals surface area contributed by atoms with Gasteiger partial charge in [-0.2, -0.15) is 0 Å². The summed E-state index contributed by atoms with van der Waals surface area (Å²) in [7, 11) is 0. The summed E-state index contributed by atoms with van der Waals surface area (Å²) in [6, 6.07) is 18.3. The standard InChI is InChI=1S/C12H10O.2ClH.Ti/c13-12-9-5-4-8-11(12)10-6-2-1-3-7-10;;;/h1-9,13H;2*1H;/q;;;+3/p-3. The van der Waals surface area contributed by atoms with Crippen molar-refractivity contribution in [2.45, 2.75) is 0 Å². The normalized spacial score (nSPS) is 8.62. The Morgan fingerprint density at radius 2 is 1.31 bits per heavy atom. The summed E-state index contributed by atoms with van der Waals surface area (Å²) in [5.41, 5.74) is 2.32. The zero-order valence-electron chi connectivity index (χ0n) is 8.36. The van der Waals surface area contributed by atoms with E-state index in [0.717, 1.165) is 11.3 Å². The maximum absolute atomic E-state index is 5.30. The van der Waals surface area contributed by atoms with E-state index in [1.165, 1.54) is 5.56 Å². The van der Waals surface area contributed by atoms with Crippen LogP contribution < -0.4 is 28.1 Å². The topological polar surface area (TPSA) is 9.23 Å². The van der Waals surface area contributed by atoms with Gasteiger partial charge in [-0.25, -0.2) is 0 Å². The Balaban J connectivity index is 0.00000112. The molecule has 0 fully saturated rings. The molecule has 2 rings (SSSR count). The molecule has 0 saturated heterocycles. The predicted octanol–water partition coefficient (Wildman–Crippen LogP) is -2.80. The van der Waals surface area contributed by atoms with Gasteiger partial charge in [0.25, 0.3) is 0 Å². The molecule has 0 aromatic heterocycles. The Labute approximate surface area is 120 Å². The van der Waals surface area contributed by atoms with Gasteiger partial charge in [-0.1, -0.05) is 0 Å².